The Morgan fingerprint density at radius 3 is 2.68 bits per heavy atom. The van der Waals surface area contributed by atoms with Crippen LogP contribution >= 0.6 is 0 Å². The first kappa shape index (κ1) is 15.4. The molecule has 9 nitrogen and oxygen atoms in total. The van der Waals surface area contributed by atoms with E-state index in [1.165, 1.54) is 4.90 Å². The summed E-state index contributed by atoms with van der Waals surface area (Å²) in [5.41, 5.74) is 13.4. The topological polar surface area (TPSA) is 136 Å². The molecule has 0 aliphatic carbocycles. The minimum Gasteiger partial charge on any atom is -0.383 e. The van der Waals surface area contributed by atoms with Gasteiger partial charge in [0.15, 0.2) is 0 Å². The molecule has 0 bridgehead atoms. The van der Waals surface area contributed by atoms with Crippen molar-refractivity contribution in [2.75, 3.05) is 54.6 Å². The lowest BCUT2D eigenvalue weighted by molar-refractivity contribution is -0.345. The van der Waals surface area contributed by atoms with E-state index in [-0.39, 0.29) is 18.1 Å². The highest BCUT2D eigenvalue weighted by molar-refractivity contribution is 6.12. The zero-order valence-electron chi connectivity index (χ0n) is 13.8. The molecule has 2 aliphatic heterocycles. The fourth-order valence-corrected chi connectivity index (χ4v) is 3.51. The molecular formula is C16H18N7O2+. The van der Waals surface area contributed by atoms with Crippen molar-refractivity contribution in [1.82, 2.24) is 4.98 Å². The number of aromatic nitrogens is 2. The van der Waals surface area contributed by atoms with Crippen LogP contribution in [-0.2, 0) is 16.0 Å². The van der Waals surface area contributed by atoms with Gasteiger partial charge in [-0.05, 0) is 0 Å². The number of rotatable bonds is 1. The molecule has 0 spiro atoms. The molecule has 0 radical (unpaired) electrons. The standard InChI is InChI=1S/C16H17N7O2/c1-22-10(24)6-8-11-9(7-17)16(23-2-4-25-5-3-23)21-14(19)12(11)13(18)20-15(8)22/h2-6H2,1H3,(H2,18,20)(H2,19,21)/p+1. The molecule has 5 N–H and O–H groups in total. The summed E-state index contributed by atoms with van der Waals surface area (Å²) in [5.74, 6) is 1.58. The highest BCUT2D eigenvalue weighted by Crippen LogP contribution is 2.40. The van der Waals surface area contributed by atoms with Crippen molar-refractivity contribution in [3.8, 4) is 6.07 Å². The predicted molar refractivity (Wildman–Crippen MR) is 92.0 cm³/mol. The van der Waals surface area contributed by atoms with Crippen LogP contribution in [0.3, 0.4) is 0 Å². The zero-order valence-corrected chi connectivity index (χ0v) is 13.8. The van der Waals surface area contributed by atoms with Gasteiger partial charge in [-0.2, -0.15) is 5.26 Å². The smallest absolute Gasteiger partial charge is 0.240 e. The molecule has 1 saturated heterocycles. The third-order valence-electron chi connectivity index (χ3n) is 4.77. The number of likely N-dealkylation sites (N-methyl/N-ethyl adjacent to an activating group) is 1. The summed E-state index contributed by atoms with van der Waals surface area (Å²) in [4.78, 5) is 23.1. The summed E-state index contributed by atoms with van der Waals surface area (Å²) < 4.78 is 5.38. The van der Waals surface area contributed by atoms with E-state index in [4.69, 9.17) is 16.2 Å². The summed E-state index contributed by atoms with van der Waals surface area (Å²) in [6, 6.07) is 2.27. The number of anilines is 4. The number of carbonyl (C=O) groups is 1. The number of amides is 1. The Kier molecular flexibility index (Phi) is 3.36. The number of fused-ring (bicyclic) bond motifs is 3. The Morgan fingerprint density at radius 1 is 1.28 bits per heavy atom. The van der Waals surface area contributed by atoms with Crippen molar-refractivity contribution in [3.05, 3.63) is 11.1 Å². The Labute approximate surface area is 143 Å². The first-order valence-electron chi connectivity index (χ1n) is 7.99. The second-order valence-electron chi connectivity index (χ2n) is 6.15. The maximum Gasteiger partial charge on any atom is 0.240 e. The number of morpholine rings is 1. The Bertz CT molecular complexity index is 944. The number of nitrogens with one attached hydrogen (secondary N) is 1. The lowest BCUT2D eigenvalue weighted by Gasteiger charge is -2.25. The van der Waals surface area contributed by atoms with Crippen LogP contribution in [0.2, 0.25) is 0 Å². The molecule has 2 aromatic heterocycles. The number of nitrogens with two attached hydrogens (primary N) is 2. The lowest BCUT2D eigenvalue weighted by atomic mass is 10.0. The molecule has 0 aromatic carbocycles. The van der Waals surface area contributed by atoms with Crippen LogP contribution in [0.15, 0.2) is 0 Å². The fourth-order valence-electron chi connectivity index (χ4n) is 3.51. The number of ether oxygens (including phenoxy) is 1. The SMILES string of the molecule is CN1C(=O)Cc2c1nc(N)c1c(N)[nH+]c(N3CCOCC3)c(C#N)c21. The maximum absolute atomic E-state index is 12.2. The zero-order chi connectivity index (χ0) is 17.7. The highest BCUT2D eigenvalue weighted by Gasteiger charge is 2.34. The van der Waals surface area contributed by atoms with Crippen molar-refractivity contribution in [2.45, 2.75) is 6.42 Å². The normalized spacial score (nSPS) is 17.0. The van der Waals surface area contributed by atoms with E-state index in [1.54, 1.807) is 7.05 Å². The largest absolute Gasteiger partial charge is 0.383 e. The second kappa shape index (κ2) is 5.46. The number of nitrogen functional groups attached to an aromatic ring is 2. The first-order chi connectivity index (χ1) is 12.0. The van der Waals surface area contributed by atoms with E-state index in [0.717, 1.165) is 0 Å². The average Bonchev–Trinajstić information content (AvgIpc) is 2.90. The van der Waals surface area contributed by atoms with E-state index in [0.29, 0.717) is 65.7 Å². The number of H-pyrrole nitrogens is 1. The number of hydrogen-bond donors (Lipinski definition) is 2. The third-order valence-corrected chi connectivity index (χ3v) is 4.77. The number of aromatic amines is 1. The second-order valence-corrected chi connectivity index (χ2v) is 6.15. The predicted octanol–water partition coefficient (Wildman–Crippen LogP) is -0.560. The van der Waals surface area contributed by atoms with Gasteiger partial charge in [0.05, 0.1) is 38.1 Å². The quantitative estimate of drug-likeness (QED) is 0.710. The number of nitriles is 1. The molecule has 1 amide bonds. The molecule has 4 rings (SSSR count). The number of carbonyl (C=O) groups excluding carboxylic acids is 1. The van der Waals surface area contributed by atoms with E-state index < -0.39 is 0 Å². The molecule has 2 aliphatic rings. The van der Waals surface area contributed by atoms with Crippen molar-refractivity contribution < 1.29 is 14.5 Å². The van der Waals surface area contributed by atoms with Gasteiger partial charge in [0.25, 0.3) is 0 Å². The van der Waals surface area contributed by atoms with Gasteiger partial charge in [0, 0.05) is 18.0 Å². The molecule has 2 aromatic rings. The van der Waals surface area contributed by atoms with Gasteiger partial charge in [0.1, 0.15) is 23.3 Å². The Hall–Kier alpha value is -3.12. The van der Waals surface area contributed by atoms with Gasteiger partial charge >= 0.3 is 0 Å². The Balaban J connectivity index is 2.07. The van der Waals surface area contributed by atoms with Crippen LogP contribution in [-0.4, -0.2) is 44.2 Å². The summed E-state index contributed by atoms with van der Waals surface area (Å²) in [6.07, 6.45) is 0.177. The maximum atomic E-state index is 12.2. The van der Waals surface area contributed by atoms with Crippen LogP contribution in [0.5, 0.6) is 0 Å². The fraction of sp³-hybridized carbons (Fsp3) is 0.375. The van der Waals surface area contributed by atoms with E-state index >= 15 is 0 Å². The molecule has 9 heteroatoms. The molecule has 1 fully saturated rings. The highest BCUT2D eigenvalue weighted by atomic mass is 16.5. The molecule has 0 unspecified atom stereocenters. The minimum atomic E-state index is -0.0855. The molecule has 128 valence electrons. The summed E-state index contributed by atoms with van der Waals surface area (Å²) in [7, 11) is 1.65. The average molecular weight is 340 g/mol. The number of pyridine rings is 2. The van der Waals surface area contributed by atoms with Crippen LogP contribution in [0.1, 0.15) is 11.1 Å². The van der Waals surface area contributed by atoms with Crippen molar-refractivity contribution >= 4 is 40.0 Å². The Morgan fingerprint density at radius 2 is 2.00 bits per heavy atom. The van der Waals surface area contributed by atoms with Crippen LogP contribution < -0.4 is 26.3 Å². The van der Waals surface area contributed by atoms with Gasteiger partial charge in [-0.25, -0.2) is 9.97 Å². The first-order valence-corrected chi connectivity index (χ1v) is 7.99. The molecule has 4 heterocycles. The van der Waals surface area contributed by atoms with Crippen LogP contribution in [0.25, 0.3) is 10.8 Å². The minimum absolute atomic E-state index is 0.0855. The van der Waals surface area contributed by atoms with Gasteiger partial charge in [-0.15, -0.1) is 0 Å². The van der Waals surface area contributed by atoms with E-state index in [9.17, 15) is 10.1 Å². The summed E-state index contributed by atoms with van der Waals surface area (Å²) in [6.45, 7) is 2.46. The van der Waals surface area contributed by atoms with Gasteiger partial charge in [0.2, 0.25) is 17.5 Å². The number of nitrogens with zero attached hydrogens (tertiary/aromatic N) is 4. The van der Waals surface area contributed by atoms with Crippen molar-refractivity contribution in [3.63, 3.8) is 0 Å². The van der Waals surface area contributed by atoms with Crippen molar-refractivity contribution in [1.29, 1.82) is 5.26 Å². The van der Waals surface area contributed by atoms with Crippen molar-refractivity contribution in [2.24, 2.45) is 0 Å². The van der Waals surface area contributed by atoms with Gasteiger partial charge < -0.3 is 16.2 Å². The number of hydrogen-bond acceptors (Lipinski definition) is 7. The monoisotopic (exact) mass is 340 g/mol. The van der Waals surface area contributed by atoms with E-state index in [2.05, 4.69) is 16.0 Å². The van der Waals surface area contributed by atoms with Gasteiger partial charge in [-0.1, -0.05) is 0 Å². The lowest BCUT2D eigenvalue weighted by Crippen LogP contribution is -2.40. The third kappa shape index (κ3) is 2.15. The van der Waals surface area contributed by atoms with Crippen LogP contribution in [0, 0.1) is 11.3 Å². The van der Waals surface area contributed by atoms with Gasteiger partial charge in [-0.3, -0.25) is 14.6 Å². The molecule has 25 heavy (non-hydrogen) atoms. The molecule has 0 saturated carbocycles. The summed E-state index contributed by atoms with van der Waals surface area (Å²) in [5, 5.41) is 11.0. The van der Waals surface area contributed by atoms with Crippen LogP contribution in [0.4, 0.5) is 23.3 Å². The molecular weight excluding hydrogens is 322 g/mol. The van der Waals surface area contributed by atoms with E-state index in [1.807, 2.05) is 4.90 Å². The summed E-state index contributed by atoms with van der Waals surface area (Å²) >= 11 is 0. The molecule has 0 atom stereocenters.